The molecule has 0 aliphatic carbocycles. The third-order valence-corrected chi connectivity index (χ3v) is 3.71. The van der Waals surface area contributed by atoms with Crippen LogP contribution in [-0.2, 0) is 4.79 Å². The van der Waals surface area contributed by atoms with Crippen LogP contribution < -0.4 is 0 Å². The molecule has 0 heterocycles. The lowest BCUT2D eigenvalue weighted by molar-refractivity contribution is -0.0980. The lowest BCUT2D eigenvalue weighted by Crippen LogP contribution is -1.98. The molecule has 0 aliphatic heterocycles. The number of carbonyl (C=O) groups excluding carboxylic acids is 2. The van der Waals surface area contributed by atoms with Crippen LogP contribution in [0.15, 0.2) is 78.9 Å². The van der Waals surface area contributed by atoms with Gasteiger partial charge in [-0.05, 0) is 45.7 Å². The summed E-state index contributed by atoms with van der Waals surface area (Å²) in [7, 11) is 0. The Bertz CT molecular complexity index is 720. The van der Waals surface area contributed by atoms with Gasteiger partial charge in [-0.25, -0.2) is 0 Å². The molecule has 3 aromatic carbocycles. The van der Waals surface area contributed by atoms with Gasteiger partial charge in [-0.15, -0.1) is 0 Å². The summed E-state index contributed by atoms with van der Waals surface area (Å²) in [6.45, 7) is 11.7. The number of hydrogen-bond acceptors (Lipinski definition) is 2. The van der Waals surface area contributed by atoms with E-state index in [1.807, 2.05) is 75.2 Å². The molecular weight excluding hydrogens is 332 g/mol. The van der Waals surface area contributed by atoms with Gasteiger partial charge in [0.15, 0.2) is 5.78 Å². The zero-order valence-electron chi connectivity index (χ0n) is 17.0. The first-order valence-electron chi connectivity index (χ1n) is 8.81. The maximum absolute atomic E-state index is 11.1. The standard InChI is InChI=1S/C10H12O.2C7H8.CH2O/c1-7-5-4-6-8(2)10(7)9(3)11;2*1-7-5-3-2-4-6-7;1-2/h4-6H,1-3H3;2*2-6H,1H3;1H2. The molecule has 0 aromatic heterocycles. The molecule has 0 amide bonds. The average Bonchev–Trinajstić information content (AvgIpc) is 2.65. The minimum absolute atomic E-state index is 0.153. The van der Waals surface area contributed by atoms with Gasteiger partial charge >= 0.3 is 0 Å². The lowest BCUT2D eigenvalue weighted by atomic mass is 10.0. The molecule has 0 bridgehead atoms. The predicted molar refractivity (Wildman–Crippen MR) is 115 cm³/mol. The largest absolute Gasteiger partial charge is 0.307 e. The van der Waals surface area contributed by atoms with Gasteiger partial charge in [0.2, 0.25) is 0 Å². The predicted octanol–water partition coefficient (Wildman–Crippen LogP) is 6.31. The second-order valence-electron chi connectivity index (χ2n) is 6.13. The summed E-state index contributed by atoms with van der Waals surface area (Å²) in [6.07, 6.45) is 0. The number of Topliss-reactive ketones (excluding diaryl/α,β-unsaturated/α-hetero) is 1. The molecule has 3 rings (SSSR count). The molecule has 3 aromatic rings. The third kappa shape index (κ3) is 10.6. The van der Waals surface area contributed by atoms with Gasteiger partial charge in [0, 0.05) is 5.56 Å². The molecule has 0 unspecified atom stereocenters. The van der Waals surface area contributed by atoms with Crippen LogP contribution in [0.25, 0.3) is 0 Å². The highest BCUT2D eigenvalue weighted by molar-refractivity contribution is 5.96. The number of aryl methyl sites for hydroxylation is 4. The molecule has 2 heteroatoms. The van der Waals surface area contributed by atoms with Crippen molar-refractivity contribution in [3.63, 3.8) is 0 Å². The summed E-state index contributed by atoms with van der Waals surface area (Å²) in [5.41, 5.74) is 5.65. The van der Waals surface area contributed by atoms with E-state index in [0.29, 0.717) is 0 Å². The second-order valence-corrected chi connectivity index (χ2v) is 6.13. The molecule has 0 spiro atoms. The third-order valence-electron chi connectivity index (χ3n) is 3.71. The van der Waals surface area contributed by atoms with E-state index in [4.69, 9.17) is 4.79 Å². The SMILES string of the molecule is C=O.CC(=O)c1c(C)cccc1C.Cc1ccccc1.Cc1ccccc1. The molecular formula is C25H30O2. The van der Waals surface area contributed by atoms with Crippen molar-refractivity contribution in [1.29, 1.82) is 0 Å². The van der Waals surface area contributed by atoms with Crippen molar-refractivity contribution in [2.75, 3.05) is 0 Å². The summed E-state index contributed by atoms with van der Waals surface area (Å²) < 4.78 is 0. The van der Waals surface area contributed by atoms with Crippen LogP contribution in [0.2, 0.25) is 0 Å². The highest BCUT2D eigenvalue weighted by Crippen LogP contribution is 2.13. The van der Waals surface area contributed by atoms with Crippen molar-refractivity contribution in [1.82, 2.24) is 0 Å². The molecule has 142 valence electrons. The van der Waals surface area contributed by atoms with E-state index in [-0.39, 0.29) is 5.78 Å². The Kier molecular flexibility index (Phi) is 12.6. The maximum Gasteiger partial charge on any atom is 0.160 e. The zero-order chi connectivity index (χ0) is 20.7. The van der Waals surface area contributed by atoms with Gasteiger partial charge in [-0.1, -0.05) is 90.0 Å². The van der Waals surface area contributed by atoms with Gasteiger partial charge in [0.25, 0.3) is 0 Å². The smallest absolute Gasteiger partial charge is 0.160 e. The first-order chi connectivity index (χ1) is 12.9. The van der Waals surface area contributed by atoms with Gasteiger partial charge < -0.3 is 4.79 Å². The monoisotopic (exact) mass is 362 g/mol. The van der Waals surface area contributed by atoms with Crippen molar-refractivity contribution >= 4 is 12.6 Å². The highest BCUT2D eigenvalue weighted by atomic mass is 16.1. The van der Waals surface area contributed by atoms with E-state index < -0.39 is 0 Å². The van der Waals surface area contributed by atoms with E-state index in [1.54, 1.807) is 6.92 Å². The molecule has 0 radical (unpaired) electrons. The fraction of sp³-hybridized carbons (Fsp3) is 0.200. The van der Waals surface area contributed by atoms with E-state index >= 15 is 0 Å². The summed E-state index contributed by atoms with van der Waals surface area (Å²) >= 11 is 0. The first kappa shape index (κ1) is 24.0. The molecule has 0 fully saturated rings. The van der Waals surface area contributed by atoms with Crippen LogP contribution in [0.4, 0.5) is 0 Å². The van der Waals surface area contributed by atoms with Gasteiger partial charge in [0.1, 0.15) is 6.79 Å². The van der Waals surface area contributed by atoms with Gasteiger partial charge in [-0.3, -0.25) is 4.79 Å². The Morgan fingerprint density at radius 2 is 0.926 bits per heavy atom. The van der Waals surface area contributed by atoms with Crippen LogP contribution in [0, 0.1) is 27.7 Å². The Balaban J connectivity index is 0.000000371. The summed E-state index contributed by atoms with van der Waals surface area (Å²) in [6, 6.07) is 26.4. The minimum atomic E-state index is 0.153. The topological polar surface area (TPSA) is 34.1 Å². The van der Waals surface area contributed by atoms with Crippen molar-refractivity contribution in [2.45, 2.75) is 34.6 Å². The highest BCUT2D eigenvalue weighted by Gasteiger charge is 2.05. The van der Waals surface area contributed by atoms with Gasteiger partial charge in [0.05, 0.1) is 0 Å². The van der Waals surface area contributed by atoms with Crippen molar-refractivity contribution in [3.05, 3.63) is 107 Å². The number of rotatable bonds is 1. The first-order valence-corrected chi connectivity index (χ1v) is 8.81. The summed E-state index contributed by atoms with van der Waals surface area (Å²) in [5, 5.41) is 0. The second kappa shape index (κ2) is 14.2. The molecule has 2 nitrogen and oxygen atoms in total. The number of hydrogen-bond donors (Lipinski definition) is 0. The van der Waals surface area contributed by atoms with Crippen molar-refractivity contribution < 1.29 is 9.59 Å². The van der Waals surface area contributed by atoms with E-state index in [0.717, 1.165) is 16.7 Å². The quantitative estimate of drug-likeness (QED) is 0.475. The van der Waals surface area contributed by atoms with E-state index in [9.17, 15) is 4.79 Å². The summed E-state index contributed by atoms with van der Waals surface area (Å²) in [5.74, 6) is 0.153. The van der Waals surface area contributed by atoms with Crippen LogP contribution in [0.5, 0.6) is 0 Å². The number of ketones is 1. The number of carbonyl (C=O) groups is 2. The van der Waals surface area contributed by atoms with Crippen LogP contribution in [0.1, 0.15) is 39.5 Å². The van der Waals surface area contributed by atoms with Crippen LogP contribution in [-0.4, -0.2) is 12.6 Å². The zero-order valence-corrected chi connectivity index (χ0v) is 17.0. The minimum Gasteiger partial charge on any atom is -0.307 e. The van der Waals surface area contributed by atoms with Crippen LogP contribution in [0.3, 0.4) is 0 Å². The molecule has 0 saturated carbocycles. The van der Waals surface area contributed by atoms with Crippen LogP contribution >= 0.6 is 0 Å². The van der Waals surface area contributed by atoms with E-state index in [1.165, 1.54) is 11.1 Å². The fourth-order valence-electron chi connectivity index (χ4n) is 2.44. The normalized spacial score (nSPS) is 8.63. The van der Waals surface area contributed by atoms with Gasteiger partial charge in [-0.2, -0.15) is 0 Å². The Morgan fingerprint density at radius 1 is 0.593 bits per heavy atom. The molecule has 0 aliphatic rings. The Morgan fingerprint density at radius 3 is 1.11 bits per heavy atom. The fourth-order valence-corrected chi connectivity index (χ4v) is 2.44. The number of benzene rings is 3. The van der Waals surface area contributed by atoms with Crippen molar-refractivity contribution in [2.24, 2.45) is 0 Å². The lowest BCUT2D eigenvalue weighted by Gasteiger charge is -2.04. The van der Waals surface area contributed by atoms with Crippen molar-refractivity contribution in [3.8, 4) is 0 Å². The Labute approximate surface area is 163 Å². The van der Waals surface area contributed by atoms with E-state index in [2.05, 4.69) is 38.1 Å². The summed E-state index contributed by atoms with van der Waals surface area (Å²) in [4.78, 5) is 19.1. The average molecular weight is 363 g/mol. The molecule has 0 saturated heterocycles. The molecule has 0 N–H and O–H groups in total. The Hall–Kier alpha value is -3.00. The maximum atomic E-state index is 11.1. The molecule has 27 heavy (non-hydrogen) atoms. The molecule has 0 atom stereocenters.